The SMILES string of the molecule is COC1=C=CCN(C(=O)O)[C@H](C)C(=O)NS(=O)(=O)C2=CC3=C(CC2)OC[C@]2(CCCc4cc(Cl)ccc42)CN3C[C@@H]2CC[C@@H]12. The summed E-state index contributed by atoms with van der Waals surface area (Å²) in [7, 11) is -2.65. The fraction of sp³-hybridized carbons (Fsp3) is 0.531. The molecule has 1 spiro atoms. The van der Waals surface area contributed by atoms with Crippen LogP contribution in [-0.2, 0) is 36.1 Å². The number of nitrogens with zero attached hydrogens (tertiary/aromatic N) is 2. The number of ether oxygens (including phenoxy) is 2. The lowest BCUT2D eigenvalue weighted by atomic mass is 9.69. The summed E-state index contributed by atoms with van der Waals surface area (Å²) < 4.78 is 41.5. The summed E-state index contributed by atoms with van der Waals surface area (Å²) in [5, 5.41) is 10.5. The Morgan fingerprint density at radius 2 is 2.07 bits per heavy atom. The van der Waals surface area contributed by atoms with Gasteiger partial charge < -0.3 is 19.5 Å². The lowest BCUT2D eigenvalue weighted by molar-refractivity contribution is -0.123. The van der Waals surface area contributed by atoms with Gasteiger partial charge in [0.1, 0.15) is 17.6 Å². The van der Waals surface area contributed by atoms with Crippen LogP contribution in [0.25, 0.3) is 0 Å². The van der Waals surface area contributed by atoms with Crippen molar-refractivity contribution in [3.05, 3.63) is 74.4 Å². The van der Waals surface area contributed by atoms with E-state index in [9.17, 15) is 23.1 Å². The van der Waals surface area contributed by atoms with Crippen molar-refractivity contribution >= 4 is 33.6 Å². The van der Waals surface area contributed by atoms with Crippen LogP contribution in [0.5, 0.6) is 0 Å². The van der Waals surface area contributed by atoms with E-state index in [1.54, 1.807) is 13.2 Å². The fourth-order valence-electron chi connectivity index (χ4n) is 7.34. The van der Waals surface area contributed by atoms with Gasteiger partial charge in [-0.1, -0.05) is 23.4 Å². The van der Waals surface area contributed by atoms with Crippen LogP contribution in [0, 0.1) is 11.8 Å². The molecule has 12 heteroatoms. The Kier molecular flexibility index (Phi) is 8.24. The van der Waals surface area contributed by atoms with Gasteiger partial charge in [-0.15, -0.1) is 0 Å². The quantitative estimate of drug-likeness (QED) is 0.423. The second-order valence-corrected chi connectivity index (χ2v) is 14.6. The van der Waals surface area contributed by atoms with Gasteiger partial charge in [0.05, 0.1) is 30.9 Å². The maximum atomic E-state index is 13.5. The van der Waals surface area contributed by atoms with Gasteiger partial charge in [0, 0.05) is 35.9 Å². The Bertz CT molecular complexity index is 1610. The maximum Gasteiger partial charge on any atom is 0.408 e. The zero-order chi connectivity index (χ0) is 31.2. The Hall–Kier alpha value is -3.40. The molecule has 0 radical (unpaired) electrons. The molecule has 1 aromatic carbocycles. The number of fused-ring (bicyclic) bond motifs is 3. The first kappa shape index (κ1) is 30.6. The number of hydrogen-bond acceptors (Lipinski definition) is 7. The molecule has 2 aliphatic heterocycles. The number of carbonyl (C=O) groups excluding carboxylic acids is 1. The average Bonchev–Trinajstić information content (AvgIpc) is 3.12. The number of carboxylic acid groups (broad SMARTS) is 1. The topological polar surface area (TPSA) is 125 Å². The molecule has 2 amide bonds. The second-order valence-electron chi connectivity index (χ2n) is 12.5. The molecular formula is C32H38ClN3O7S. The molecule has 1 aromatic rings. The third-order valence-electron chi connectivity index (χ3n) is 9.91. The molecule has 6 rings (SSSR count). The van der Waals surface area contributed by atoms with Gasteiger partial charge in [-0.05, 0) is 86.8 Å². The van der Waals surface area contributed by atoms with Crippen LogP contribution in [0.3, 0.4) is 0 Å². The van der Waals surface area contributed by atoms with E-state index in [0.29, 0.717) is 36.9 Å². The minimum Gasteiger partial charge on any atom is -0.495 e. The predicted molar refractivity (Wildman–Crippen MR) is 164 cm³/mol. The van der Waals surface area contributed by atoms with E-state index < -0.39 is 28.1 Å². The summed E-state index contributed by atoms with van der Waals surface area (Å²) in [5.74, 6) is 0.749. The van der Waals surface area contributed by atoms with Crippen molar-refractivity contribution in [1.29, 1.82) is 0 Å². The van der Waals surface area contributed by atoms with Gasteiger partial charge >= 0.3 is 6.09 Å². The molecule has 0 saturated heterocycles. The number of rotatable bonds is 1. The standard InChI is InChI=1S/C32H38ClN3O7S/c1-20-30(37)34-44(40,41)24-9-12-29-27(16-24)35(17-22-7-10-25(22)28(42-2)6-4-14-36(20)31(38)39)18-32(19-43-29)13-3-5-21-15-23(33)8-11-26(21)32/h4,8,11,15-16,20,22,25H,3,5,7,9-10,12-14,17-19H2,1-2H3,(H,34,37)(H,38,39)/t6?,20-,22+,25-,32+/m1/s1. The number of aryl methyl sites for hydroxylation is 1. The van der Waals surface area contributed by atoms with Crippen LogP contribution in [-0.4, -0.2) is 74.7 Å². The van der Waals surface area contributed by atoms with Crippen LogP contribution >= 0.6 is 11.6 Å². The first-order valence-electron chi connectivity index (χ1n) is 15.2. The number of methoxy groups -OCH3 is 1. The first-order chi connectivity index (χ1) is 21.0. The molecule has 5 aliphatic rings. The van der Waals surface area contributed by atoms with Crippen LogP contribution < -0.4 is 4.72 Å². The van der Waals surface area contributed by atoms with Crippen molar-refractivity contribution in [3.8, 4) is 0 Å². The van der Waals surface area contributed by atoms with Gasteiger partial charge in [0.15, 0.2) is 0 Å². The monoisotopic (exact) mass is 643 g/mol. The number of halogens is 1. The molecule has 0 aromatic heterocycles. The normalized spacial score (nSPS) is 30.1. The molecule has 10 nitrogen and oxygen atoms in total. The summed E-state index contributed by atoms with van der Waals surface area (Å²) in [5.41, 5.74) is 6.02. The summed E-state index contributed by atoms with van der Waals surface area (Å²) in [6, 6.07) is 4.84. The summed E-state index contributed by atoms with van der Waals surface area (Å²) in [4.78, 5) is 28.3. The predicted octanol–water partition coefficient (Wildman–Crippen LogP) is 4.68. The summed E-state index contributed by atoms with van der Waals surface area (Å²) in [6.07, 6.45) is 7.10. The molecule has 44 heavy (non-hydrogen) atoms. The van der Waals surface area contributed by atoms with E-state index in [4.69, 9.17) is 21.1 Å². The molecule has 0 unspecified atom stereocenters. The number of allylic oxidation sites excluding steroid dienone is 3. The largest absolute Gasteiger partial charge is 0.495 e. The van der Waals surface area contributed by atoms with Gasteiger partial charge in [0.2, 0.25) is 0 Å². The third-order valence-corrected chi connectivity index (χ3v) is 11.6. The third kappa shape index (κ3) is 5.61. The molecule has 3 aliphatic carbocycles. The molecular weight excluding hydrogens is 606 g/mol. The Morgan fingerprint density at radius 1 is 1.25 bits per heavy atom. The van der Waals surface area contributed by atoms with Crippen molar-refractivity contribution in [3.63, 3.8) is 0 Å². The van der Waals surface area contributed by atoms with Crippen molar-refractivity contribution in [2.24, 2.45) is 11.8 Å². The van der Waals surface area contributed by atoms with Gasteiger partial charge in [0.25, 0.3) is 15.9 Å². The summed E-state index contributed by atoms with van der Waals surface area (Å²) in [6.45, 7) is 2.99. The Labute approximate surface area is 263 Å². The van der Waals surface area contributed by atoms with Crippen molar-refractivity contribution < 1.29 is 32.6 Å². The van der Waals surface area contributed by atoms with E-state index in [0.717, 1.165) is 48.5 Å². The maximum absolute atomic E-state index is 13.5. The van der Waals surface area contributed by atoms with Gasteiger partial charge in [-0.3, -0.25) is 9.69 Å². The highest BCUT2D eigenvalue weighted by molar-refractivity contribution is 7.93. The Balaban J connectivity index is 1.44. The smallest absolute Gasteiger partial charge is 0.408 e. The van der Waals surface area contributed by atoms with E-state index >= 15 is 0 Å². The second kappa shape index (κ2) is 11.8. The minimum atomic E-state index is -4.24. The number of amides is 2. The molecule has 2 bridgehead atoms. The minimum absolute atomic E-state index is 0.0700. The zero-order valence-electron chi connectivity index (χ0n) is 25.0. The van der Waals surface area contributed by atoms with E-state index in [1.165, 1.54) is 24.1 Å². The molecule has 236 valence electrons. The number of benzene rings is 1. The zero-order valence-corrected chi connectivity index (χ0v) is 26.5. The van der Waals surface area contributed by atoms with Gasteiger partial charge in [-0.2, -0.15) is 0 Å². The van der Waals surface area contributed by atoms with Crippen LogP contribution in [0.1, 0.15) is 56.6 Å². The molecule has 2 heterocycles. The van der Waals surface area contributed by atoms with Crippen molar-refractivity contribution in [2.45, 2.75) is 63.3 Å². The van der Waals surface area contributed by atoms with E-state index in [2.05, 4.69) is 21.4 Å². The Morgan fingerprint density at radius 3 is 2.80 bits per heavy atom. The van der Waals surface area contributed by atoms with E-state index in [1.807, 2.05) is 12.1 Å². The number of sulfonamides is 1. The fourth-order valence-corrected chi connectivity index (χ4v) is 8.74. The van der Waals surface area contributed by atoms with Crippen LogP contribution in [0.15, 0.2) is 58.2 Å². The first-order valence-corrected chi connectivity index (χ1v) is 17.0. The number of nitrogens with one attached hydrogen (secondary N) is 1. The average molecular weight is 644 g/mol. The number of hydrogen-bond donors (Lipinski definition) is 2. The number of carbonyl (C=O) groups is 2. The molecule has 4 atom stereocenters. The van der Waals surface area contributed by atoms with Crippen LogP contribution in [0.4, 0.5) is 4.79 Å². The highest BCUT2D eigenvalue weighted by atomic mass is 35.5. The van der Waals surface area contributed by atoms with Gasteiger partial charge in [-0.25, -0.2) is 17.9 Å². The van der Waals surface area contributed by atoms with E-state index in [-0.39, 0.29) is 35.1 Å². The highest BCUT2D eigenvalue weighted by Crippen LogP contribution is 2.46. The lowest BCUT2D eigenvalue weighted by Crippen LogP contribution is -2.49. The molecule has 2 N–H and O–H groups in total. The highest BCUT2D eigenvalue weighted by Gasteiger charge is 2.45. The summed E-state index contributed by atoms with van der Waals surface area (Å²) >= 11 is 6.39. The molecule has 1 fully saturated rings. The lowest BCUT2D eigenvalue weighted by Gasteiger charge is -2.45. The van der Waals surface area contributed by atoms with Crippen LogP contribution in [0.2, 0.25) is 5.02 Å². The molecule has 1 saturated carbocycles. The van der Waals surface area contributed by atoms with Crippen molar-refractivity contribution in [1.82, 2.24) is 14.5 Å². The van der Waals surface area contributed by atoms with Crippen molar-refractivity contribution in [2.75, 3.05) is 33.4 Å².